The Morgan fingerprint density at radius 3 is 2.67 bits per heavy atom. The first kappa shape index (κ1) is 15.6. The first-order valence-electron chi connectivity index (χ1n) is 6.68. The molecule has 0 spiro atoms. The van der Waals surface area contributed by atoms with Crippen LogP contribution in [0.2, 0.25) is 0 Å². The highest BCUT2D eigenvalue weighted by Crippen LogP contribution is 2.32. The lowest BCUT2D eigenvalue weighted by Gasteiger charge is -2.12. The highest BCUT2D eigenvalue weighted by Gasteiger charge is 2.24. The molecule has 0 saturated carbocycles. The van der Waals surface area contributed by atoms with Gasteiger partial charge in [0.1, 0.15) is 5.82 Å². The highest BCUT2D eigenvalue weighted by molar-refractivity contribution is 9.08. The Balaban J connectivity index is 2.65. The van der Waals surface area contributed by atoms with Gasteiger partial charge in [0.25, 0.3) is 5.69 Å². The van der Waals surface area contributed by atoms with Gasteiger partial charge in [-0.2, -0.15) is 0 Å². The van der Waals surface area contributed by atoms with Gasteiger partial charge in [-0.05, 0) is 18.9 Å². The van der Waals surface area contributed by atoms with Crippen LogP contribution in [-0.4, -0.2) is 19.7 Å². The molecule has 2 aromatic rings. The number of para-hydroxylation sites is 1. The standard InChI is InChI=1S/C14H17BrN4O2/c1-9(2)8-18-12(7-15)16-17-14(18)11-6-4-5-10(3)13(11)19(20)21/h4-6,9H,7-8H2,1-3H3. The van der Waals surface area contributed by atoms with E-state index in [-0.39, 0.29) is 10.6 Å². The minimum Gasteiger partial charge on any atom is -0.310 e. The summed E-state index contributed by atoms with van der Waals surface area (Å²) in [5.74, 6) is 1.71. The lowest BCUT2D eigenvalue weighted by Crippen LogP contribution is -2.10. The van der Waals surface area contributed by atoms with Gasteiger partial charge in [0.05, 0.1) is 15.8 Å². The Morgan fingerprint density at radius 2 is 2.10 bits per heavy atom. The van der Waals surface area contributed by atoms with Crippen LogP contribution in [-0.2, 0) is 11.9 Å². The number of aromatic nitrogens is 3. The Bertz CT molecular complexity index is 667. The summed E-state index contributed by atoms with van der Waals surface area (Å²) in [7, 11) is 0. The number of alkyl halides is 1. The fourth-order valence-electron chi connectivity index (χ4n) is 2.27. The molecule has 6 nitrogen and oxygen atoms in total. The summed E-state index contributed by atoms with van der Waals surface area (Å²) in [4.78, 5) is 11.0. The van der Waals surface area contributed by atoms with Gasteiger partial charge in [0.15, 0.2) is 5.82 Å². The van der Waals surface area contributed by atoms with E-state index in [0.29, 0.717) is 34.7 Å². The molecule has 1 aromatic carbocycles. The molecule has 0 aliphatic heterocycles. The monoisotopic (exact) mass is 352 g/mol. The lowest BCUT2D eigenvalue weighted by molar-refractivity contribution is -0.384. The molecule has 0 unspecified atom stereocenters. The molecule has 0 aliphatic carbocycles. The average Bonchev–Trinajstić information content (AvgIpc) is 2.79. The molecule has 0 fully saturated rings. The van der Waals surface area contributed by atoms with E-state index in [2.05, 4.69) is 40.0 Å². The summed E-state index contributed by atoms with van der Waals surface area (Å²) >= 11 is 3.39. The van der Waals surface area contributed by atoms with Crippen molar-refractivity contribution in [2.75, 3.05) is 0 Å². The number of benzene rings is 1. The van der Waals surface area contributed by atoms with Gasteiger partial charge < -0.3 is 4.57 Å². The third-order valence-corrected chi connectivity index (χ3v) is 3.66. The number of hydrogen-bond donors (Lipinski definition) is 0. The molecule has 0 saturated heterocycles. The molecular weight excluding hydrogens is 336 g/mol. The summed E-state index contributed by atoms with van der Waals surface area (Å²) in [6.07, 6.45) is 0. The molecule has 0 radical (unpaired) electrons. The molecule has 0 atom stereocenters. The van der Waals surface area contributed by atoms with Crippen LogP contribution in [0, 0.1) is 23.0 Å². The van der Waals surface area contributed by atoms with Gasteiger partial charge in [-0.25, -0.2) is 0 Å². The van der Waals surface area contributed by atoms with E-state index in [9.17, 15) is 10.1 Å². The molecule has 1 aromatic heterocycles. The maximum absolute atomic E-state index is 11.4. The summed E-state index contributed by atoms with van der Waals surface area (Å²) in [5, 5.41) is 20.2. The topological polar surface area (TPSA) is 73.8 Å². The number of nitro benzene ring substituents is 1. The van der Waals surface area contributed by atoms with Crippen molar-refractivity contribution in [2.24, 2.45) is 5.92 Å². The molecule has 1 heterocycles. The zero-order valence-corrected chi connectivity index (χ0v) is 13.8. The molecule has 2 rings (SSSR count). The van der Waals surface area contributed by atoms with E-state index >= 15 is 0 Å². The Hall–Kier alpha value is -1.76. The first-order chi connectivity index (χ1) is 9.95. The van der Waals surface area contributed by atoms with Crippen LogP contribution < -0.4 is 0 Å². The molecule has 0 aliphatic rings. The van der Waals surface area contributed by atoms with Crippen LogP contribution in [0.25, 0.3) is 11.4 Å². The van der Waals surface area contributed by atoms with Crippen LogP contribution in [0.4, 0.5) is 5.69 Å². The average molecular weight is 353 g/mol. The number of hydrogen-bond acceptors (Lipinski definition) is 4. The number of nitrogens with zero attached hydrogens (tertiary/aromatic N) is 4. The van der Waals surface area contributed by atoms with E-state index in [1.165, 1.54) is 0 Å². The quantitative estimate of drug-likeness (QED) is 0.467. The normalized spacial score (nSPS) is 11.1. The van der Waals surface area contributed by atoms with Gasteiger partial charge in [-0.15, -0.1) is 10.2 Å². The van der Waals surface area contributed by atoms with Gasteiger partial charge in [0, 0.05) is 12.1 Å². The van der Waals surface area contributed by atoms with Crippen LogP contribution >= 0.6 is 15.9 Å². The maximum Gasteiger partial charge on any atom is 0.283 e. The molecule has 0 N–H and O–H groups in total. The van der Waals surface area contributed by atoms with Crippen molar-refractivity contribution >= 4 is 21.6 Å². The second-order valence-electron chi connectivity index (χ2n) is 5.31. The van der Waals surface area contributed by atoms with Crippen molar-refractivity contribution < 1.29 is 4.92 Å². The predicted octanol–water partition coefficient (Wildman–Crippen LogP) is 3.71. The minimum atomic E-state index is -0.354. The van der Waals surface area contributed by atoms with Crippen molar-refractivity contribution in [3.05, 3.63) is 39.7 Å². The molecule has 21 heavy (non-hydrogen) atoms. The zero-order chi connectivity index (χ0) is 15.6. The highest BCUT2D eigenvalue weighted by atomic mass is 79.9. The molecule has 0 bridgehead atoms. The van der Waals surface area contributed by atoms with Gasteiger partial charge >= 0.3 is 0 Å². The van der Waals surface area contributed by atoms with E-state index in [1.807, 2.05) is 4.57 Å². The summed E-state index contributed by atoms with van der Waals surface area (Å²) in [6, 6.07) is 5.26. The van der Waals surface area contributed by atoms with E-state index in [0.717, 1.165) is 5.82 Å². The molecule has 7 heteroatoms. The third-order valence-electron chi connectivity index (χ3n) is 3.16. The van der Waals surface area contributed by atoms with Crippen molar-refractivity contribution in [3.8, 4) is 11.4 Å². The van der Waals surface area contributed by atoms with Crippen LogP contribution in [0.15, 0.2) is 18.2 Å². The minimum absolute atomic E-state index is 0.0935. The second kappa shape index (κ2) is 6.34. The Morgan fingerprint density at radius 1 is 1.38 bits per heavy atom. The number of nitro groups is 1. The van der Waals surface area contributed by atoms with Gasteiger partial charge in [-0.1, -0.05) is 41.9 Å². The van der Waals surface area contributed by atoms with Crippen LogP contribution in [0.3, 0.4) is 0 Å². The predicted molar refractivity (Wildman–Crippen MR) is 84.3 cm³/mol. The Labute approximate surface area is 131 Å². The number of rotatable bonds is 5. The van der Waals surface area contributed by atoms with Crippen LogP contribution in [0.5, 0.6) is 0 Å². The largest absolute Gasteiger partial charge is 0.310 e. The van der Waals surface area contributed by atoms with E-state index < -0.39 is 0 Å². The van der Waals surface area contributed by atoms with Crippen molar-refractivity contribution in [3.63, 3.8) is 0 Å². The zero-order valence-electron chi connectivity index (χ0n) is 12.2. The maximum atomic E-state index is 11.4. The first-order valence-corrected chi connectivity index (χ1v) is 7.80. The molecule has 112 valence electrons. The fraction of sp³-hybridized carbons (Fsp3) is 0.429. The molecular formula is C14H17BrN4O2. The number of aryl methyl sites for hydroxylation is 1. The van der Waals surface area contributed by atoms with E-state index in [4.69, 9.17) is 0 Å². The lowest BCUT2D eigenvalue weighted by atomic mass is 10.1. The van der Waals surface area contributed by atoms with Crippen LogP contribution in [0.1, 0.15) is 25.2 Å². The van der Waals surface area contributed by atoms with Crippen molar-refractivity contribution in [1.82, 2.24) is 14.8 Å². The summed E-state index contributed by atoms with van der Waals surface area (Å²) in [6.45, 7) is 6.63. The fourth-order valence-corrected chi connectivity index (χ4v) is 2.69. The SMILES string of the molecule is Cc1cccc(-c2nnc(CBr)n2CC(C)C)c1[N+](=O)[O-]. The smallest absolute Gasteiger partial charge is 0.283 e. The number of halogens is 1. The van der Waals surface area contributed by atoms with Crippen molar-refractivity contribution in [2.45, 2.75) is 32.6 Å². The summed E-state index contributed by atoms with van der Waals surface area (Å²) in [5.41, 5.74) is 1.23. The second-order valence-corrected chi connectivity index (χ2v) is 5.87. The van der Waals surface area contributed by atoms with Gasteiger partial charge in [0.2, 0.25) is 0 Å². The third kappa shape index (κ3) is 3.12. The Kier molecular flexibility index (Phi) is 4.72. The van der Waals surface area contributed by atoms with Gasteiger partial charge in [-0.3, -0.25) is 10.1 Å². The summed E-state index contributed by atoms with van der Waals surface area (Å²) < 4.78 is 1.95. The van der Waals surface area contributed by atoms with E-state index in [1.54, 1.807) is 25.1 Å². The van der Waals surface area contributed by atoms with Crippen molar-refractivity contribution in [1.29, 1.82) is 0 Å². The molecule has 0 amide bonds.